The van der Waals surface area contributed by atoms with Gasteiger partial charge in [0.1, 0.15) is 5.75 Å². The molecule has 0 amide bonds. The van der Waals surface area contributed by atoms with E-state index in [1.165, 1.54) is 30.4 Å². The number of fused-ring (bicyclic) bond motifs is 1. The fourth-order valence-electron chi connectivity index (χ4n) is 2.30. The maximum absolute atomic E-state index is 6.15. The Morgan fingerprint density at radius 1 is 1.44 bits per heavy atom. The summed E-state index contributed by atoms with van der Waals surface area (Å²) in [5.74, 6) is 1.98. The third kappa shape index (κ3) is 2.10. The summed E-state index contributed by atoms with van der Waals surface area (Å²) >= 11 is 9.92. The fraction of sp³-hybridized carbons (Fsp3) is 0.538. The lowest BCUT2D eigenvalue weighted by Crippen LogP contribution is -1.96. The van der Waals surface area contributed by atoms with Gasteiger partial charge in [0.2, 0.25) is 0 Å². The lowest BCUT2D eigenvalue weighted by molar-refractivity contribution is 0.353. The Hall–Kier alpha value is -0.210. The van der Waals surface area contributed by atoms with Gasteiger partial charge in [0.05, 0.1) is 6.61 Å². The molecule has 1 aromatic rings. The third-order valence-corrected chi connectivity index (χ3v) is 4.44. The number of benzene rings is 1. The Balaban J connectivity index is 1.92. The quantitative estimate of drug-likeness (QED) is 0.746. The van der Waals surface area contributed by atoms with Crippen LogP contribution in [-0.2, 0) is 6.42 Å². The van der Waals surface area contributed by atoms with Gasteiger partial charge in [-0.3, -0.25) is 0 Å². The van der Waals surface area contributed by atoms with Crippen LogP contribution in [-0.4, -0.2) is 6.61 Å². The second-order valence-corrected chi connectivity index (χ2v) is 6.27. The first-order valence-electron chi connectivity index (χ1n) is 5.83. The van der Waals surface area contributed by atoms with Gasteiger partial charge in [-0.25, -0.2) is 0 Å². The van der Waals surface area contributed by atoms with Crippen LogP contribution in [0.3, 0.4) is 0 Å². The first-order chi connectivity index (χ1) is 7.74. The van der Waals surface area contributed by atoms with Gasteiger partial charge in [-0.15, -0.1) is 0 Å². The zero-order valence-corrected chi connectivity index (χ0v) is 11.4. The van der Waals surface area contributed by atoms with Crippen LogP contribution in [0.1, 0.15) is 35.2 Å². The van der Waals surface area contributed by atoms with Crippen molar-refractivity contribution in [2.45, 2.75) is 30.5 Å². The van der Waals surface area contributed by atoms with Gasteiger partial charge >= 0.3 is 0 Å². The number of ether oxygens (including phenoxy) is 1. The Morgan fingerprint density at radius 2 is 2.25 bits per heavy atom. The Kier molecular flexibility index (Phi) is 2.88. The normalized spacial score (nSPS) is 20.4. The highest BCUT2D eigenvalue weighted by Gasteiger charge is 2.28. The highest BCUT2D eigenvalue weighted by atomic mass is 79.9. The molecule has 1 nitrogen and oxygen atoms in total. The molecule has 86 valence electrons. The molecule has 0 aromatic heterocycles. The van der Waals surface area contributed by atoms with Crippen molar-refractivity contribution in [2.24, 2.45) is 5.92 Å². The molecule has 0 bridgehead atoms. The maximum atomic E-state index is 6.15. The first-order valence-corrected chi connectivity index (χ1v) is 7.12. The number of rotatable bonds is 3. The van der Waals surface area contributed by atoms with E-state index < -0.39 is 0 Å². The molecular weight excluding hydrogens is 287 g/mol. The zero-order chi connectivity index (χ0) is 11.1. The van der Waals surface area contributed by atoms with Crippen LogP contribution < -0.4 is 4.74 Å². The summed E-state index contributed by atoms with van der Waals surface area (Å²) in [7, 11) is 0. The molecule has 0 N–H and O–H groups in total. The van der Waals surface area contributed by atoms with Gasteiger partial charge in [0, 0.05) is 21.8 Å². The number of hydrogen-bond acceptors (Lipinski definition) is 1. The lowest BCUT2D eigenvalue weighted by atomic mass is 10.0. The molecule has 1 aromatic carbocycles. The number of alkyl halides is 1. The first kappa shape index (κ1) is 10.9. The summed E-state index contributed by atoms with van der Waals surface area (Å²) in [5.41, 5.74) is 2.51. The monoisotopic (exact) mass is 300 g/mol. The fourth-order valence-corrected chi connectivity index (χ4v) is 3.42. The van der Waals surface area contributed by atoms with Crippen molar-refractivity contribution in [1.82, 2.24) is 0 Å². The predicted octanol–water partition coefficient (Wildman–Crippen LogP) is 4.51. The molecule has 1 aliphatic carbocycles. The Morgan fingerprint density at radius 3 is 3.00 bits per heavy atom. The molecule has 2 aliphatic rings. The second-order valence-electron chi connectivity index (χ2n) is 4.73. The van der Waals surface area contributed by atoms with Gasteiger partial charge in [0.15, 0.2) is 0 Å². The van der Waals surface area contributed by atoms with Crippen molar-refractivity contribution in [3.8, 4) is 5.75 Å². The molecule has 1 fully saturated rings. The van der Waals surface area contributed by atoms with E-state index in [9.17, 15) is 0 Å². The highest BCUT2D eigenvalue weighted by Crippen LogP contribution is 2.46. The van der Waals surface area contributed by atoms with Crippen LogP contribution in [0.4, 0.5) is 0 Å². The largest absolute Gasteiger partial charge is 0.493 e. The van der Waals surface area contributed by atoms with Gasteiger partial charge in [0.25, 0.3) is 0 Å². The molecule has 1 atom stereocenters. The summed E-state index contributed by atoms with van der Waals surface area (Å²) in [6.07, 6.45) is 4.96. The molecule has 0 radical (unpaired) electrons. The third-order valence-electron chi connectivity index (χ3n) is 3.35. The zero-order valence-electron chi connectivity index (χ0n) is 9.01. The number of hydrogen-bond donors (Lipinski definition) is 0. The minimum Gasteiger partial charge on any atom is -0.493 e. The smallest absolute Gasteiger partial charge is 0.127 e. The van der Waals surface area contributed by atoms with Crippen LogP contribution in [0.5, 0.6) is 5.75 Å². The maximum Gasteiger partial charge on any atom is 0.127 e. The summed E-state index contributed by atoms with van der Waals surface area (Å²) in [4.78, 5) is 0.394. The van der Waals surface area contributed by atoms with Crippen molar-refractivity contribution in [3.05, 3.63) is 28.3 Å². The van der Waals surface area contributed by atoms with E-state index in [1.54, 1.807) is 0 Å². The molecule has 1 unspecified atom stereocenters. The molecule has 3 heteroatoms. The summed E-state index contributed by atoms with van der Waals surface area (Å²) < 4.78 is 5.72. The van der Waals surface area contributed by atoms with Crippen LogP contribution >= 0.6 is 27.5 Å². The molecule has 1 heterocycles. The molecule has 3 rings (SSSR count). The van der Waals surface area contributed by atoms with Crippen LogP contribution in [0.2, 0.25) is 5.02 Å². The molecule has 16 heavy (non-hydrogen) atoms. The summed E-state index contributed by atoms with van der Waals surface area (Å²) in [6, 6.07) is 4.08. The molecular formula is C13H14BrClO. The summed E-state index contributed by atoms with van der Waals surface area (Å²) in [6.45, 7) is 0.797. The van der Waals surface area contributed by atoms with Crippen LogP contribution in [0, 0.1) is 5.92 Å². The molecule has 1 aliphatic heterocycles. The standard InChI is InChI=1S/C13H14BrClO/c14-12(5-8-1-2-8)11-7-10(15)6-9-3-4-16-13(9)11/h6-8,12H,1-5H2. The predicted molar refractivity (Wildman–Crippen MR) is 69.7 cm³/mol. The topological polar surface area (TPSA) is 9.23 Å². The lowest BCUT2D eigenvalue weighted by Gasteiger charge is -2.14. The molecule has 0 saturated heterocycles. The van der Waals surface area contributed by atoms with Crippen molar-refractivity contribution in [2.75, 3.05) is 6.61 Å². The average molecular weight is 302 g/mol. The van der Waals surface area contributed by atoms with Gasteiger partial charge in [-0.1, -0.05) is 40.4 Å². The van der Waals surface area contributed by atoms with E-state index in [1.807, 2.05) is 12.1 Å². The van der Waals surface area contributed by atoms with E-state index in [0.29, 0.717) is 4.83 Å². The van der Waals surface area contributed by atoms with E-state index in [2.05, 4.69) is 15.9 Å². The highest BCUT2D eigenvalue weighted by molar-refractivity contribution is 9.09. The van der Waals surface area contributed by atoms with Gasteiger partial charge < -0.3 is 4.74 Å². The van der Waals surface area contributed by atoms with E-state index >= 15 is 0 Å². The van der Waals surface area contributed by atoms with Crippen molar-refractivity contribution in [3.63, 3.8) is 0 Å². The SMILES string of the molecule is Clc1cc2c(c(C(Br)CC3CC3)c1)OCC2. The van der Waals surface area contributed by atoms with Crippen molar-refractivity contribution in [1.29, 1.82) is 0 Å². The minimum absolute atomic E-state index is 0.394. The van der Waals surface area contributed by atoms with Crippen LogP contribution in [0.15, 0.2) is 12.1 Å². The minimum atomic E-state index is 0.394. The van der Waals surface area contributed by atoms with E-state index in [-0.39, 0.29) is 0 Å². The van der Waals surface area contributed by atoms with Crippen molar-refractivity contribution < 1.29 is 4.74 Å². The molecule has 1 saturated carbocycles. The van der Waals surface area contributed by atoms with E-state index in [4.69, 9.17) is 16.3 Å². The second kappa shape index (κ2) is 4.23. The Bertz CT molecular complexity index is 415. The average Bonchev–Trinajstić information content (AvgIpc) is 2.93. The number of halogens is 2. The summed E-state index contributed by atoms with van der Waals surface area (Å²) in [5, 5.41) is 0.833. The van der Waals surface area contributed by atoms with Crippen LogP contribution in [0.25, 0.3) is 0 Å². The van der Waals surface area contributed by atoms with Crippen molar-refractivity contribution >= 4 is 27.5 Å². The Labute approximate surface area is 109 Å². The molecule has 0 spiro atoms. The van der Waals surface area contributed by atoms with Gasteiger partial charge in [-0.2, -0.15) is 0 Å². The van der Waals surface area contributed by atoms with E-state index in [0.717, 1.165) is 29.7 Å². The van der Waals surface area contributed by atoms with Gasteiger partial charge in [-0.05, 0) is 30.0 Å².